The zero-order valence-electron chi connectivity index (χ0n) is 14.3. The number of nitrogens with one attached hydrogen (secondary N) is 3. The van der Waals surface area contributed by atoms with Crippen molar-refractivity contribution in [2.45, 2.75) is 18.8 Å². The Bertz CT molecular complexity index is 1070. The average molecular weight is 345 g/mol. The van der Waals surface area contributed by atoms with E-state index in [0.29, 0.717) is 11.4 Å². The van der Waals surface area contributed by atoms with Crippen LogP contribution in [0.4, 0.5) is 5.82 Å². The number of benzene rings is 2. The Morgan fingerprint density at radius 2 is 1.54 bits per heavy atom. The van der Waals surface area contributed by atoms with Gasteiger partial charge in [0.25, 0.3) is 5.56 Å². The van der Waals surface area contributed by atoms with E-state index in [2.05, 4.69) is 40.4 Å². The van der Waals surface area contributed by atoms with E-state index in [1.807, 2.05) is 48.5 Å². The molecular weight excluding hydrogens is 326 g/mol. The number of hydrogen-bond acceptors (Lipinski definition) is 3. The van der Waals surface area contributed by atoms with Crippen molar-refractivity contribution in [3.05, 3.63) is 104 Å². The van der Waals surface area contributed by atoms with Gasteiger partial charge in [0.05, 0.1) is 5.56 Å². The molecule has 2 aromatic carbocycles. The average Bonchev–Trinajstić information content (AvgIpc) is 2.67. The van der Waals surface area contributed by atoms with Crippen LogP contribution in [0, 0.1) is 0 Å². The minimum absolute atomic E-state index is 0.0720. The van der Waals surface area contributed by atoms with Crippen LogP contribution in [0.2, 0.25) is 0 Å². The van der Waals surface area contributed by atoms with Gasteiger partial charge in [-0.2, -0.15) is 0 Å². The van der Waals surface area contributed by atoms with Gasteiger partial charge in [-0.1, -0.05) is 73.7 Å². The van der Waals surface area contributed by atoms with Crippen molar-refractivity contribution in [3.63, 3.8) is 0 Å². The van der Waals surface area contributed by atoms with Gasteiger partial charge in [0, 0.05) is 11.6 Å². The molecule has 3 aromatic rings. The zero-order valence-corrected chi connectivity index (χ0v) is 14.3. The second-order valence-corrected chi connectivity index (χ2v) is 6.49. The van der Waals surface area contributed by atoms with Gasteiger partial charge in [0.15, 0.2) is 0 Å². The van der Waals surface area contributed by atoms with Crippen molar-refractivity contribution in [3.8, 4) is 0 Å². The summed E-state index contributed by atoms with van der Waals surface area (Å²) in [5, 5.41) is 3.22. The van der Waals surface area contributed by atoms with Crippen molar-refractivity contribution in [2.75, 3.05) is 5.32 Å². The van der Waals surface area contributed by atoms with Crippen molar-refractivity contribution >= 4 is 11.5 Å². The SMILES string of the molecule is CC(c1ccccc1)C1C=C(c2ccccc2)Nc2[nH]c(=O)[nH]c(=O)c21. The highest BCUT2D eigenvalue weighted by atomic mass is 16.2. The van der Waals surface area contributed by atoms with Gasteiger partial charge in [0.1, 0.15) is 5.82 Å². The molecule has 5 nitrogen and oxygen atoms in total. The molecule has 130 valence electrons. The van der Waals surface area contributed by atoms with E-state index in [4.69, 9.17) is 0 Å². The first-order chi connectivity index (χ1) is 12.6. The number of fused-ring (bicyclic) bond motifs is 1. The molecule has 2 heterocycles. The maximum Gasteiger partial charge on any atom is 0.327 e. The molecule has 0 radical (unpaired) electrons. The summed E-state index contributed by atoms with van der Waals surface area (Å²) in [7, 11) is 0. The molecule has 0 amide bonds. The summed E-state index contributed by atoms with van der Waals surface area (Å²) >= 11 is 0. The van der Waals surface area contributed by atoms with E-state index < -0.39 is 5.69 Å². The van der Waals surface area contributed by atoms with Crippen molar-refractivity contribution in [1.29, 1.82) is 0 Å². The number of rotatable bonds is 3. The summed E-state index contributed by atoms with van der Waals surface area (Å²) in [6.45, 7) is 2.10. The molecule has 0 bridgehead atoms. The van der Waals surface area contributed by atoms with Crippen molar-refractivity contribution in [2.24, 2.45) is 0 Å². The highest BCUT2D eigenvalue weighted by molar-refractivity contribution is 5.80. The summed E-state index contributed by atoms with van der Waals surface area (Å²) in [6.07, 6.45) is 2.07. The summed E-state index contributed by atoms with van der Waals surface area (Å²) in [5.74, 6) is 0.375. The molecule has 2 unspecified atom stereocenters. The van der Waals surface area contributed by atoms with Crippen LogP contribution >= 0.6 is 0 Å². The van der Waals surface area contributed by atoms with Gasteiger partial charge < -0.3 is 5.32 Å². The Balaban J connectivity index is 1.88. The Kier molecular flexibility index (Phi) is 4.05. The highest BCUT2D eigenvalue weighted by Crippen LogP contribution is 2.40. The van der Waals surface area contributed by atoms with E-state index in [0.717, 1.165) is 16.8 Å². The van der Waals surface area contributed by atoms with Crippen LogP contribution in [-0.4, -0.2) is 9.97 Å². The van der Waals surface area contributed by atoms with Crippen molar-refractivity contribution < 1.29 is 0 Å². The Labute approximate surface area is 150 Å². The first-order valence-corrected chi connectivity index (χ1v) is 8.59. The predicted octanol–water partition coefficient (Wildman–Crippen LogP) is 3.42. The second-order valence-electron chi connectivity index (χ2n) is 6.49. The number of aromatic nitrogens is 2. The first-order valence-electron chi connectivity index (χ1n) is 8.59. The zero-order chi connectivity index (χ0) is 18.1. The lowest BCUT2D eigenvalue weighted by atomic mass is 9.80. The first kappa shape index (κ1) is 16.1. The van der Waals surface area contributed by atoms with E-state index in [9.17, 15) is 9.59 Å². The lowest BCUT2D eigenvalue weighted by Crippen LogP contribution is -2.32. The van der Waals surface area contributed by atoms with Gasteiger partial charge in [-0.05, 0) is 17.0 Å². The molecule has 5 heteroatoms. The fourth-order valence-corrected chi connectivity index (χ4v) is 3.50. The molecule has 0 saturated heterocycles. The van der Waals surface area contributed by atoms with Gasteiger partial charge in [-0.15, -0.1) is 0 Å². The van der Waals surface area contributed by atoms with Gasteiger partial charge in [-0.3, -0.25) is 14.8 Å². The molecule has 0 saturated carbocycles. The standard InChI is InChI=1S/C21H19N3O2/c1-13(14-8-4-2-5-9-14)16-12-17(15-10-6-3-7-11-15)22-19-18(16)20(25)24-21(26)23-19/h2-13,16H,1H3,(H3,22,23,24,25,26). The van der Waals surface area contributed by atoms with E-state index in [1.165, 1.54) is 0 Å². The number of allylic oxidation sites excluding steroid dienone is 1. The van der Waals surface area contributed by atoms with Crippen molar-refractivity contribution in [1.82, 2.24) is 9.97 Å². The third kappa shape index (κ3) is 2.88. The Morgan fingerprint density at radius 3 is 2.23 bits per heavy atom. The molecule has 0 aliphatic carbocycles. The van der Waals surface area contributed by atoms with Crippen LogP contribution in [0.5, 0.6) is 0 Å². The highest BCUT2D eigenvalue weighted by Gasteiger charge is 2.29. The van der Waals surface area contributed by atoms with Crippen LogP contribution in [-0.2, 0) is 0 Å². The number of anilines is 1. The normalized spacial score (nSPS) is 17.0. The summed E-state index contributed by atoms with van der Waals surface area (Å²) in [5.41, 5.74) is 2.71. The molecular formula is C21H19N3O2. The van der Waals surface area contributed by atoms with E-state index >= 15 is 0 Å². The predicted molar refractivity (Wildman–Crippen MR) is 103 cm³/mol. The molecule has 4 rings (SSSR count). The topological polar surface area (TPSA) is 77.8 Å². The molecule has 0 fully saturated rings. The number of hydrogen-bond donors (Lipinski definition) is 3. The van der Waals surface area contributed by atoms with Gasteiger partial charge >= 0.3 is 5.69 Å². The largest absolute Gasteiger partial charge is 0.341 e. The van der Waals surface area contributed by atoms with Gasteiger partial charge in [0.2, 0.25) is 0 Å². The molecule has 2 atom stereocenters. The summed E-state index contributed by atoms with van der Waals surface area (Å²) in [6, 6.07) is 20.0. The van der Waals surface area contributed by atoms with Crippen LogP contribution in [0.25, 0.3) is 5.70 Å². The quantitative estimate of drug-likeness (QED) is 0.681. The van der Waals surface area contributed by atoms with Gasteiger partial charge in [-0.25, -0.2) is 4.79 Å². The fraction of sp³-hybridized carbons (Fsp3) is 0.143. The molecule has 0 spiro atoms. The van der Waals surface area contributed by atoms with Crippen LogP contribution in [0.3, 0.4) is 0 Å². The van der Waals surface area contributed by atoms with E-state index in [-0.39, 0.29) is 17.4 Å². The minimum atomic E-state index is -0.512. The molecule has 3 N–H and O–H groups in total. The number of aromatic amines is 2. The Morgan fingerprint density at radius 1 is 0.885 bits per heavy atom. The van der Waals surface area contributed by atoms with E-state index in [1.54, 1.807) is 0 Å². The monoisotopic (exact) mass is 345 g/mol. The van der Waals surface area contributed by atoms with Crippen LogP contribution in [0.1, 0.15) is 35.4 Å². The second kappa shape index (κ2) is 6.52. The maximum absolute atomic E-state index is 12.5. The van der Waals surface area contributed by atoms with Crippen LogP contribution < -0.4 is 16.6 Å². The third-order valence-electron chi connectivity index (χ3n) is 4.87. The molecule has 26 heavy (non-hydrogen) atoms. The molecule has 1 aliphatic heterocycles. The fourth-order valence-electron chi connectivity index (χ4n) is 3.50. The lowest BCUT2D eigenvalue weighted by molar-refractivity contribution is 0.662. The summed E-state index contributed by atoms with van der Waals surface area (Å²) < 4.78 is 0. The minimum Gasteiger partial charge on any atom is -0.341 e. The lowest BCUT2D eigenvalue weighted by Gasteiger charge is -2.29. The summed E-state index contributed by atoms with van der Waals surface area (Å²) in [4.78, 5) is 29.4. The van der Waals surface area contributed by atoms with Crippen LogP contribution in [0.15, 0.2) is 76.3 Å². The molecule has 1 aliphatic rings. The molecule has 1 aromatic heterocycles. The Hall–Kier alpha value is -3.34. The third-order valence-corrected chi connectivity index (χ3v) is 4.87. The maximum atomic E-state index is 12.5. The number of H-pyrrole nitrogens is 2. The smallest absolute Gasteiger partial charge is 0.327 e.